The summed E-state index contributed by atoms with van der Waals surface area (Å²) in [5.41, 5.74) is 3.57. The van der Waals surface area contributed by atoms with Crippen LogP contribution in [-0.4, -0.2) is 28.4 Å². The molecule has 2 aromatic rings. The molecule has 0 aliphatic carbocycles. The van der Waals surface area contributed by atoms with Crippen molar-refractivity contribution in [3.63, 3.8) is 0 Å². The molecule has 0 radical (unpaired) electrons. The molecule has 0 fully saturated rings. The van der Waals surface area contributed by atoms with E-state index in [1.54, 1.807) is 5.48 Å². The van der Waals surface area contributed by atoms with E-state index in [0.29, 0.717) is 13.2 Å². The predicted octanol–water partition coefficient (Wildman–Crippen LogP) is 1.61. The molecular formula is C18H22N2O4. The average molecular weight is 330 g/mol. The highest BCUT2D eigenvalue weighted by molar-refractivity contribution is 5.81. The lowest BCUT2D eigenvalue weighted by Gasteiger charge is -2.19. The zero-order valence-corrected chi connectivity index (χ0v) is 13.5. The topological polar surface area (TPSA) is 90.8 Å². The van der Waals surface area contributed by atoms with Crippen molar-refractivity contribution in [2.75, 3.05) is 0 Å². The summed E-state index contributed by atoms with van der Waals surface area (Å²) < 4.78 is 5.71. The van der Waals surface area contributed by atoms with Crippen LogP contribution < -0.4 is 15.5 Å². The largest absolute Gasteiger partial charge is 0.489 e. The molecule has 0 aliphatic heterocycles. The maximum Gasteiger partial charge on any atom is 0.263 e. The van der Waals surface area contributed by atoms with Crippen molar-refractivity contribution >= 4 is 5.91 Å². The third kappa shape index (κ3) is 5.34. The van der Waals surface area contributed by atoms with Gasteiger partial charge in [-0.25, -0.2) is 5.48 Å². The first kappa shape index (κ1) is 17.9. The van der Waals surface area contributed by atoms with E-state index in [-0.39, 0.29) is 0 Å². The second-order valence-electron chi connectivity index (χ2n) is 5.49. The van der Waals surface area contributed by atoms with Crippen LogP contribution >= 0.6 is 0 Å². The standard InChI is InChI=1S/C18H22N2O4/c1-13(21)17(18(22)20-23)19-11-14-7-9-16(10-8-14)24-12-15-5-3-2-4-6-15/h2-10,13,17,19,21,23H,11-12H2,1H3,(H,20,22)/t13-,17+/m1/s1. The Labute approximate surface area is 141 Å². The highest BCUT2D eigenvalue weighted by Gasteiger charge is 2.22. The monoisotopic (exact) mass is 330 g/mol. The first-order chi connectivity index (χ1) is 11.6. The molecule has 0 bridgehead atoms. The summed E-state index contributed by atoms with van der Waals surface area (Å²) in [7, 11) is 0. The van der Waals surface area contributed by atoms with Gasteiger partial charge in [0.05, 0.1) is 6.10 Å². The normalized spacial score (nSPS) is 13.1. The number of amides is 1. The summed E-state index contributed by atoms with van der Waals surface area (Å²) in [5, 5.41) is 21.1. The summed E-state index contributed by atoms with van der Waals surface area (Å²) in [6, 6.07) is 16.5. The molecule has 128 valence electrons. The van der Waals surface area contributed by atoms with Crippen LogP contribution in [0.5, 0.6) is 5.75 Å². The summed E-state index contributed by atoms with van der Waals surface area (Å²) in [4.78, 5) is 11.4. The molecule has 0 saturated carbocycles. The van der Waals surface area contributed by atoms with Crippen LogP contribution in [0.2, 0.25) is 0 Å². The van der Waals surface area contributed by atoms with E-state index in [2.05, 4.69) is 5.32 Å². The van der Waals surface area contributed by atoms with Gasteiger partial charge >= 0.3 is 0 Å². The van der Waals surface area contributed by atoms with Crippen LogP contribution in [0.15, 0.2) is 54.6 Å². The van der Waals surface area contributed by atoms with Crippen LogP contribution in [-0.2, 0) is 17.9 Å². The van der Waals surface area contributed by atoms with E-state index in [0.717, 1.165) is 16.9 Å². The second kappa shape index (κ2) is 9.02. The fourth-order valence-electron chi connectivity index (χ4n) is 2.22. The number of hydroxylamine groups is 1. The molecule has 0 aliphatic rings. The van der Waals surface area contributed by atoms with Crippen molar-refractivity contribution in [2.45, 2.75) is 32.2 Å². The van der Waals surface area contributed by atoms with Gasteiger partial charge in [0, 0.05) is 6.54 Å². The maximum atomic E-state index is 11.4. The van der Waals surface area contributed by atoms with E-state index in [1.807, 2.05) is 54.6 Å². The third-order valence-electron chi connectivity index (χ3n) is 3.57. The Bertz CT molecular complexity index is 629. The summed E-state index contributed by atoms with van der Waals surface area (Å²) in [6.07, 6.45) is -0.925. The van der Waals surface area contributed by atoms with Crippen LogP contribution in [0.4, 0.5) is 0 Å². The highest BCUT2D eigenvalue weighted by atomic mass is 16.5. The van der Waals surface area contributed by atoms with E-state index in [1.165, 1.54) is 6.92 Å². The molecule has 0 aromatic heterocycles. The Morgan fingerprint density at radius 2 is 1.75 bits per heavy atom. The zero-order valence-electron chi connectivity index (χ0n) is 13.5. The summed E-state index contributed by atoms with van der Waals surface area (Å²) in [6.45, 7) is 2.36. The number of hydrogen-bond acceptors (Lipinski definition) is 5. The number of ether oxygens (including phenoxy) is 1. The highest BCUT2D eigenvalue weighted by Crippen LogP contribution is 2.14. The van der Waals surface area contributed by atoms with Crippen molar-refractivity contribution in [3.05, 3.63) is 65.7 Å². The van der Waals surface area contributed by atoms with Crippen molar-refractivity contribution in [2.24, 2.45) is 0 Å². The molecule has 0 saturated heterocycles. The van der Waals surface area contributed by atoms with Gasteiger partial charge in [-0.15, -0.1) is 0 Å². The van der Waals surface area contributed by atoms with Gasteiger partial charge in [-0.1, -0.05) is 42.5 Å². The Morgan fingerprint density at radius 1 is 1.08 bits per heavy atom. The SMILES string of the molecule is C[C@@H](O)[C@H](NCc1ccc(OCc2ccccc2)cc1)C(=O)NO. The number of aliphatic hydroxyl groups is 1. The van der Waals surface area contributed by atoms with E-state index in [4.69, 9.17) is 9.94 Å². The molecular weight excluding hydrogens is 308 g/mol. The molecule has 0 unspecified atom stereocenters. The van der Waals surface area contributed by atoms with Gasteiger partial charge in [0.25, 0.3) is 5.91 Å². The van der Waals surface area contributed by atoms with Crippen molar-refractivity contribution in [3.8, 4) is 5.75 Å². The van der Waals surface area contributed by atoms with Crippen molar-refractivity contribution in [1.82, 2.24) is 10.8 Å². The maximum absolute atomic E-state index is 11.4. The fourth-order valence-corrected chi connectivity index (χ4v) is 2.22. The van der Waals surface area contributed by atoms with E-state index >= 15 is 0 Å². The minimum absolute atomic E-state index is 0.377. The van der Waals surface area contributed by atoms with Gasteiger partial charge in [0.1, 0.15) is 18.4 Å². The molecule has 6 heteroatoms. The Morgan fingerprint density at radius 3 is 2.33 bits per heavy atom. The Kier molecular flexibility index (Phi) is 6.74. The number of aliphatic hydroxyl groups excluding tert-OH is 1. The van der Waals surface area contributed by atoms with Gasteiger partial charge < -0.3 is 9.84 Å². The quantitative estimate of drug-likeness (QED) is 0.436. The minimum atomic E-state index is -0.925. The van der Waals surface area contributed by atoms with Gasteiger partial charge in [-0.05, 0) is 30.2 Å². The lowest BCUT2D eigenvalue weighted by atomic mass is 10.1. The van der Waals surface area contributed by atoms with Gasteiger partial charge in [0.15, 0.2) is 0 Å². The molecule has 6 nitrogen and oxygen atoms in total. The smallest absolute Gasteiger partial charge is 0.263 e. The Hall–Kier alpha value is -2.41. The van der Waals surface area contributed by atoms with E-state index in [9.17, 15) is 9.90 Å². The summed E-state index contributed by atoms with van der Waals surface area (Å²) in [5.74, 6) is 0.0793. The molecule has 2 atom stereocenters. The zero-order chi connectivity index (χ0) is 17.4. The molecule has 0 spiro atoms. The number of rotatable bonds is 8. The van der Waals surface area contributed by atoms with Gasteiger partial charge in [-0.3, -0.25) is 15.3 Å². The van der Waals surface area contributed by atoms with Crippen LogP contribution in [0, 0.1) is 0 Å². The van der Waals surface area contributed by atoms with Crippen LogP contribution in [0.25, 0.3) is 0 Å². The molecule has 4 N–H and O–H groups in total. The Balaban J connectivity index is 1.86. The van der Waals surface area contributed by atoms with Gasteiger partial charge in [-0.2, -0.15) is 0 Å². The number of benzene rings is 2. The second-order valence-corrected chi connectivity index (χ2v) is 5.49. The molecule has 2 aromatic carbocycles. The van der Waals surface area contributed by atoms with Crippen LogP contribution in [0.1, 0.15) is 18.1 Å². The number of carbonyl (C=O) groups excluding carboxylic acids is 1. The lowest BCUT2D eigenvalue weighted by Crippen LogP contribution is -2.49. The molecule has 1 amide bonds. The first-order valence-corrected chi connectivity index (χ1v) is 7.71. The number of hydrogen-bond donors (Lipinski definition) is 4. The van der Waals surface area contributed by atoms with Crippen LogP contribution in [0.3, 0.4) is 0 Å². The number of carbonyl (C=O) groups is 1. The fraction of sp³-hybridized carbons (Fsp3) is 0.278. The third-order valence-corrected chi connectivity index (χ3v) is 3.57. The van der Waals surface area contributed by atoms with Crippen molar-refractivity contribution < 1.29 is 19.8 Å². The predicted molar refractivity (Wildman–Crippen MR) is 89.5 cm³/mol. The van der Waals surface area contributed by atoms with E-state index < -0.39 is 18.1 Å². The minimum Gasteiger partial charge on any atom is -0.489 e. The average Bonchev–Trinajstić information content (AvgIpc) is 2.61. The number of nitrogens with one attached hydrogen (secondary N) is 2. The molecule has 0 heterocycles. The first-order valence-electron chi connectivity index (χ1n) is 7.71. The van der Waals surface area contributed by atoms with Gasteiger partial charge in [0.2, 0.25) is 0 Å². The molecule has 2 rings (SSSR count). The summed E-state index contributed by atoms with van der Waals surface area (Å²) >= 11 is 0. The van der Waals surface area contributed by atoms with Crippen molar-refractivity contribution in [1.29, 1.82) is 0 Å². The molecule has 24 heavy (non-hydrogen) atoms. The lowest BCUT2D eigenvalue weighted by molar-refractivity contribution is -0.134.